The highest BCUT2D eigenvalue weighted by Gasteiger charge is 2.24. The summed E-state index contributed by atoms with van der Waals surface area (Å²) in [6.07, 6.45) is 3.68. The van der Waals surface area contributed by atoms with Crippen molar-refractivity contribution in [3.8, 4) is 0 Å². The van der Waals surface area contributed by atoms with Crippen molar-refractivity contribution in [2.24, 2.45) is 0 Å². The number of benzene rings is 1. The van der Waals surface area contributed by atoms with Crippen molar-refractivity contribution in [1.82, 2.24) is 10.2 Å². The van der Waals surface area contributed by atoms with Crippen LogP contribution in [0.3, 0.4) is 0 Å². The summed E-state index contributed by atoms with van der Waals surface area (Å²) < 4.78 is 0. The number of hydrogen-bond donors (Lipinski definition) is 2. The van der Waals surface area contributed by atoms with Crippen LogP contribution in [0.15, 0.2) is 18.2 Å². The molecule has 0 aromatic heterocycles. The van der Waals surface area contributed by atoms with Gasteiger partial charge in [0.15, 0.2) is 0 Å². The summed E-state index contributed by atoms with van der Waals surface area (Å²) in [5.41, 5.74) is 3.01. The molecule has 2 N–H and O–H groups in total. The summed E-state index contributed by atoms with van der Waals surface area (Å²) in [5, 5.41) is 6.50. The van der Waals surface area contributed by atoms with Gasteiger partial charge in [0.1, 0.15) is 0 Å². The van der Waals surface area contributed by atoms with Gasteiger partial charge in [-0.25, -0.2) is 0 Å². The molecule has 2 aliphatic rings. The van der Waals surface area contributed by atoms with Crippen molar-refractivity contribution in [2.45, 2.75) is 38.6 Å². The van der Waals surface area contributed by atoms with E-state index in [4.69, 9.17) is 0 Å². The van der Waals surface area contributed by atoms with Crippen LogP contribution in [0.25, 0.3) is 0 Å². The van der Waals surface area contributed by atoms with E-state index in [-0.39, 0.29) is 30.3 Å². The topological polar surface area (TPSA) is 61.4 Å². The lowest BCUT2D eigenvalue weighted by molar-refractivity contribution is -0.129. The standard InChI is InChI=1S/C17H23N3O2.ClH/c1-12(21)20-10-7-13(8-11-20)19-17(22)15-4-2-6-16-14(15)5-3-9-18-16;/h2,4,6,13,18H,3,5,7-11H2,1H3,(H,19,22);1H. The van der Waals surface area contributed by atoms with Gasteiger partial charge in [0, 0.05) is 43.9 Å². The Morgan fingerprint density at radius 3 is 2.70 bits per heavy atom. The number of hydrogen-bond acceptors (Lipinski definition) is 3. The van der Waals surface area contributed by atoms with E-state index >= 15 is 0 Å². The molecule has 0 atom stereocenters. The van der Waals surface area contributed by atoms with Gasteiger partial charge in [-0.15, -0.1) is 12.4 Å². The molecule has 1 aromatic rings. The van der Waals surface area contributed by atoms with Gasteiger partial charge < -0.3 is 15.5 Å². The summed E-state index contributed by atoms with van der Waals surface area (Å²) in [6, 6.07) is 6.04. The predicted octanol–water partition coefficient (Wildman–Crippen LogP) is 2.21. The lowest BCUT2D eigenvalue weighted by atomic mass is 9.96. The van der Waals surface area contributed by atoms with Crippen LogP contribution in [0.4, 0.5) is 5.69 Å². The molecule has 5 nitrogen and oxygen atoms in total. The molecule has 0 radical (unpaired) electrons. The molecule has 1 aromatic carbocycles. The first-order valence-electron chi connectivity index (χ1n) is 8.07. The molecule has 23 heavy (non-hydrogen) atoms. The van der Waals surface area contributed by atoms with E-state index in [2.05, 4.69) is 10.6 Å². The Labute approximate surface area is 143 Å². The van der Waals surface area contributed by atoms with E-state index in [1.807, 2.05) is 23.1 Å². The Hall–Kier alpha value is -1.75. The van der Waals surface area contributed by atoms with Crippen molar-refractivity contribution < 1.29 is 9.59 Å². The lowest BCUT2D eigenvalue weighted by Crippen LogP contribution is -2.46. The Kier molecular flexibility index (Phi) is 5.88. The van der Waals surface area contributed by atoms with Crippen molar-refractivity contribution in [3.63, 3.8) is 0 Å². The van der Waals surface area contributed by atoms with E-state index < -0.39 is 0 Å². The SMILES string of the molecule is CC(=O)N1CCC(NC(=O)c2cccc3c2CCCN3)CC1.Cl. The van der Waals surface area contributed by atoms with Crippen LogP contribution in [0.1, 0.15) is 42.1 Å². The fraction of sp³-hybridized carbons (Fsp3) is 0.529. The number of piperidine rings is 1. The molecule has 1 saturated heterocycles. The molecular formula is C17H24ClN3O2. The zero-order valence-corrected chi connectivity index (χ0v) is 14.2. The summed E-state index contributed by atoms with van der Waals surface area (Å²) in [4.78, 5) is 25.8. The molecule has 3 rings (SSSR count). The van der Waals surface area contributed by atoms with E-state index in [1.54, 1.807) is 6.92 Å². The van der Waals surface area contributed by atoms with Gasteiger partial charge in [-0.3, -0.25) is 9.59 Å². The van der Waals surface area contributed by atoms with Crippen LogP contribution in [0.2, 0.25) is 0 Å². The first kappa shape index (κ1) is 17.6. The number of nitrogens with one attached hydrogen (secondary N) is 2. The summed E-state index contributed by atoms with van der Waals surface area (Å²) >= 11 is 0. The monoisotopic (exact) mass is 337 g/mol. The highest BCUT2D eigenvalue weighted by atomic mass is 35.5. The maximum atomic E-state index is 12.6. The average Bonchev–Trinajstić information content (AvgIpc) is 2.54. The Bertz CT molecular complexity index is 583. The third kappa shape index (κ3) is 3.96. The molecule has 6 heteroatoms. The van der Waals surface area contributed by atoms with Gasteiger partial charge in [-0.2, -0.15) is 0 Å². The fourth-order valence-corrected chi connectivity index (χ4v) is 3.32. The maximum absolute atomic E-state index is 12.6. The average molecular weight is 338 g/mol. The number of amides is 2. The number of carbonyl (C=O) groups is 2. The molecule has 0 saturated carbocycles. The lowest BCUT2D eigenvalue weighted by Gasteiger charge is -2.32. The number of likely N-dealkylation sites (tertiary alicyclic amines) is 1. The Morgan fingerprint density at radius 1 is 1.26 bits per heavy atom. The molecule has 0 unspecified atom stereocenters. The van der Waals surface area contributed by atoms with Gasteiger partial charge in [-0.1, -0.05) is 6.07 Å². The summed E-state index contributed by atoms with van der Waals surface area (Å²) in [5.74, 6) is 0.134. The normalized spacial score (nSPS) is 17.5. The van der Waals surface area contributed by atoms with Crippen LogP contribution in [0.5, 0.6) is 0 Å². The predicted molar refractivity (Wildman–Crippen MR) is 93.2 cm³/mol. The quantitative estimate of drug-likeness (QED) is 0.869. The molecule has 2 aliphatic heterocycles. The van der Waals surface area contributed by atoms with Crippen LogP contribution in [-0.2, 0) is 11.2 Å². The van der Waals surface area contributed by atoms with Crippen molar-refractivity contribution in [1.29, 1.82) is 0 Å². The molecular weight excluding hydrogens is 314 g/mol. The number of anilines is 1. The van der Waals surface area contributed by atoms with E-state index in [9.17, 15) is 9.59 Å². The second-order valence-corrected chi connectivity index (χ2v) is 6.12. The minimum absolute atomic E-state index is 0. The molecule has 0 aliphatic carbocycles. The van der Waals surface area contributed by atoms with Crippen molar-refractivity contribution in [3.05, 3.63) is 29.3 Å². The molecule has 2 heterocycles. The van der Waals surface area contributed by atoms with E-state index in [0.29, 0.717) is 0 Å². The second kappa shape index (κ2) is 7.68. The Morgan fingerprint density at radius 2 is 2.00 bits per heavy atom. The third-order valence-electron chi connectivity index (χ3n) is 4.62. The molecule has 1 fully saturated rings. The minimum atomic E-state index is 0. The number of rotatable bonds is 2. The van der Waals surface area contributed by atoms with E-state index in [1.165, 1.54) is 0 Å². The first-order valence-corrected chi connectivity index (χ1v) is 8.07. The second-order valence-electron chi connectivity index (χ2n) is 6.12. The molecule has 0 spiro atoms. The first-order chi connectivity index (χ1) is 10.6. The largest absolute Gasteiger partial charge is 0.385 e. The number of halogens is 1. The zero-order chi connectivity index (χ0) is 15.5. The van der Waals surface area contributed by atoms with Crippen LogP contribution < -0.4 is 10.6 Å². The van der Waals surface area contributed by atoms with Gasteiger partial charge in [0.2, 0.25) is 5.91 Å². The van der Waals surface area contributed by atoms with Gasteiger partial charge in [0.05, 0.1) is 0 Å². The number of fused-ring (bicyclic) bond motifs is 1. The number of nitrogens with zero attached hydrogens (tertiary/aromatic N) is 1. The van der Waals surface area contributed by atoms with Gasteiger partial charge in [0.25, 0.3) is 5.91 Å². The van der Waals surface area contributed by atoms with Crippen molar-refractivity contribution >= 4 is 29.9 Å². The number of carbonyl (C=O) groups excluding carboxylic acids is 2. The highest BCUT2D eigenvalue weighted by Crippen LogP contribution is 2.25. The van der Waals surface area contributed by atoms with Crippen LogP contribution in [-0.4, -0.2) is 42.4 Å². The van der Waals surface area contributed by atoms with E-state index in [0.717, 1.165) is 62.1 Å². The van der Waals surface area contributed by atoms with Crippen molar-refractivity contribution in [2.75, 3.05) is 25.0 Å². The maximum Gasteiger partial charge on any atom is 0.251 e. The third-order valence-corrected chi connectivity index (χ3v) is 4.62. The van der Waals surface area contributed by atoms with Crippen LogP contribution in [0, 0.1) is 0 Å². The summed E-state index contributed by atoms with van der Waals surface area (Å²) in [6.45, 7) is 4.03. The molecule has 0 bridgehead atoms. The molecule has 2 amide bonds. The molecule has 126 valence electrons. The fourth-order valence-electron chi connectivity index (χ4n) is 3.32. The Balaban J connectivity index is 0.00000192. The summed E-state index contributed by atoms with van der Waals surface area (Å²) in [7, 11) is 0. The van der Waals surface area contributed by atoms with Crippen LogP contribution >= 0.6 is 12.4 Å². The van der Waals surface area contributed by atoms with Gasteiger partial charge in [-0.05, 0) is 43.4 Å². The van der Waals surface area contributed by atoms with Gasteiger partial charge >= 0.3 is 0 Å². The minimum Gasteiger partial charge on any atom is -0.385 e. The zero-order valence-electron chi connectivity index (χ0n) is 13.4. The smallest absolute Gasteiger partial charge is 0.251 e. The highest BCUT2D eigenvalue weighted by molar-refractivity contribution is 5.97.